The van der Waals surface area contributed by atoms with Crippen molar-refractivity contribution < 1.29 is 33.4 Å². The lowest BCUT2D eigenvalue weighted by Gasteiger charge is -2.24. The Balaban J connectivity index is 2.28. The molecule has 1 N–H and O–H groups in total. The van der Waals surface area contributed by atoms with Crippen LogP contribution in [0.15, 0.2) is 23.9 Å². The third-order valence-corrected chi connectivity index (χ3v) is 3.88. The van der Waals surface area contributed by atoms with Gasteiger partial charge in [0.05, 0.1) is 12.1 Å². The smallest absolute Gasteiger partial charge is 0.408 e. The summed E-state index contributed by atoms with van der Waals surface area (Å²) >= 11 is 0. The number of esters is 2. The molecule has 1 atom stereocenters. The van der Waals surface area contributed by atoms with Gasteiger partial charge in [0.2, 0.25) is 0 Å². The van der Waals surface area contributed by atoms with Gasteiger partial charge in [-0.1, -0.05) is 12.7 Å². The van der Waals surface area contributed by atoms with E-state index in [2.05, 4.69) is 11.9 Å². The van der Waals surface area contributed by atoms with Gasteiger partial charge in [0, 0.05) is 6.54 Å². The monoisotopic (exact) mass is 423 g/mol. The van der Waals surface area contributed by atoms with Gasteiger partial charge in [-0.05, 0) is 41.5 Å². The van der Waals surface area contributed by atoms with Crippen molar-refractivity contribution in [2.45, 2.75) is 58.8 Å². The molecule has 0 spiro atoms. The number of carbonyl (C=O) groups excluding carboxylic acids is 4. The number of amides is 2. The van der Waals surface area contributed by atoms with Crippen molar-refractivity contribution in [2.24, 2.45) is 0 Å². The summed E-state index contributed by atoms with van der Waals surface area (Å²) in [5, 5.41) is 5.05. The summed E-state index contributed by atoms with van der Waals surface area (Å²) in [7, 11) is 0. The topological polar surface area (TPSA) is 114 Å². The number of alkyl carbamates (subject to hydrolysis) is 1. The molecule has 0 radical (unpaired) electrons. The third kappa shape index (κ3) is 5.59. The van der Waals surface area contributed by atoms with Crippen LogP contribution >= 0.6 is 0 Å². The minimum absolute atomic E-state index is 0.00941. The van der Waals surface area contributed by atoms with Crippen molar-refractivity contribution in [1.82, 2.24) is 15.3 Å². The van der Waals surface area contributed by atoms with Crippen molar-refractivity contribution >= 4 is 23.9 Å². The van der Waals surface area contributed by atoms with Crippen molar-refractivity contribution in [1.29, 1.82) is 0 Å². The molecule has 30 heavy (non-hydrogen) atoms. The fourth-order valence-corrected chi connectivity index (χ4v) is 2.91. The third-order valence-electron chi connectivity index (χ3n) is 3.88. The van der Waals surface area contributed by atoms with Crippen molar-refractivity contribution in [3.8, 4) is 0 Å². The number of nitrogens with one attached hydrogen (secondary N) is 1. The maximum Gasteiger partial charge on any atom is 0.408 e. The Morgan fingerprint density at radius 1 is 1.10 bits per heavy atom. The number of nitrogens with zero attached hydrogens (tertiary/aromatic N) is 2. The van der Waals surface area contributed by atoms with E-state index in [0.717, 1.165) is 5.01 Å². The lowest BCUT2D eigenvalue weighted by atomic mass is 10.1. The molecule has 1 unspecified atom stereocenters. The first-order valence-electron chi connectivity index (χ1n) is 9.56. The second-order valence-corrected chi connectivity index (χ2v) is 8.91. The molecule has 1 saturated heterocycles. The molecular weight excluding hydrogens is 394 g/mol. The maximum absolute atomic E-state index is 13.0. The first kappa shape index (κ1) is 23.4. The van der Waals surface area contributed by atoms with E-state index in [4.69, 9.17) is 14.2 Å². The van der Waals surface area contributed by atoms with E-state index in [1.165, 1.54) is 11.1 Å². The fourth-order valence-electron chi connectivity index (χ4n) is 2.91. The highest BCUT2D eigenvalue weighted by Crippen LogP contribution is 2.31. The van der Waals surface area contributed by atoms with Crippen LogP contribution in [0, 0.1) is 0 Å². The first-order valence-corrected chi connectivity index (χ1v) is 9.56. The van der Waals surface area contributed by atoms with E-state index >= 15 is 0 Å². The SMILES string of the molecule is C=CCOC(=O)C1=C(C(=O)OC(C)(C)C)N2C(=O)C(NC(=O)OC(C)(C)C)CN2C1. The molecule has 2 rings (SSSR count). The molecule has 10 heteroatoms. The zero-order chi connectivity index (χ0) is 22.9. The molecule has 2 heterocycles. The minimum atomic E-state index is -0.942. The predicted molar refractivity (Wildman–Crippen MR) is 106 cm³/mol. The van der Waals surface area contributed by atoms with Gasteiger partial charge in [0.25, 0.3) is 5.91 Å². The second-order valence-electron chi connectivity index (χ2n) is 8.91. The fraction of sp³-hybridized carbons (Fsp3) is 0.600. The normalized spacial score (nSPS) is 19.5. The molecule has 0 aromatic heterocycles. The molecule has 0 aromatic carbocycles. The Kier molecular flexibility index (Phi) is 6.60. The molecule has 2 aliphatic heterocycles. The Morgan fingerprint density at radius 3 is 2.23 bits per heavy atom. The van der Waals surface area contributed by atoms with Crippen LogP contribution < -0.4 is 5.32 Å². The van der Waals surface area contributed by atoms with Gasteiger partial charge in [0.15, 0.2) is 5.70 Å². The van der Waals surface area contributed by atoms with Crippen molar-refractivity contribution in [3.63, 3.8) is 0 Å². The average molecular weight is 423 g/mol. The number of fused-ring (bicyclic) bond motifs is 1. The number of ether oxygens (including phenoxy) is 3. The van der Waals surface area contributed by atoms with Crippen LogP contribution in [-0.4, -0.2) is 70.9 Å². The van der Waals surface area contributed by atoms with Gasteiger partial charge >= 0.3 is 18.0 Å². The Bertz CT molecular complexity index is 789. The summed E-state index contributed by atoms with van der Waals surface area (Å²) in [6.45, 7) is 13.6. The molecule has 2 amide bonds. The standard InChI is InChI=1S/C20H29N3O7/c1-8-9-28-16(25)12-10-22-11-13(21-18(27)30-20(5,6)7)15(24)23(22)14(12)17(26)29-19(2,3)4/h8,13H,1,9-11H2,2-7H3,(H,21,27). The predicted octanol–water partition coefficient (Wildman–Crippen LogP) is 1.28. The van der Waals surface area contributed by atoms with Gasteiger partial charge in [0.1, 0.15) is 23.9 Å². The number of hydrazine groups is 1. The van der Waals surface area contributed by atoms with Crippen molar-refractivity contribution in [3.05, 3.63) is 23.9 Å². The van der Waals surface area contributed by atoms with E-state index in [0.29, 0.717) is 0 Å². The minimum Gasteiger partial charge on any atom is -0.458 e. The highest BCUT2D eigenvalue weighted by Gasteiger charge is 2.50. The van der Waals surface area contributed by atoms with Gasteiger partial charge in [-0.25, -0.2) is 24.4 Å². The highest BCUT2D eigenvalue weighted by atomic mass is 16.6. The van der Waals surface area contributed by atoms with E-state index in [1.807, 2.05) is 0 Å². The molecule has 1 fully saturated rings. The van der Waals surface area contributed by atoms with E-state index in [9.17, 15) is 19.2 Å². The zero-order valence-electron chi connectivity index (χ0n) is 18.2. The maximum atomic E-state index is 13.0. The summed E-state index contributed by atoms with van der Waals surface area (Å²) in [6.07, 6.45) is 0.644. The lowest BCUT2D eigenvalue weighted by molar-refractivity contribution is -0.156. The zero-order valence-corrected chi connectivity index (χ0v) is 18.2. The van der Waals surface area contributed by atoms with Crippen molar-refractivity contribution in [2.75, 3.05) is 19.7 Å². The Labute approximate surface area is 175 Å². The summed E-state index contributed by atoms with van der Waals surface area (Å²) in [4.78, 5) is 50.3. The molecule has 0 saturated carbocycles. The first-order chi connectivity index (χ1) is 13.7. The van der Waals surface area contributed by atoms with Crippen LogP contribution in [0.2, 0.25) is 0 Å². The highest BCUT2D eigenvalue weighted by molar-refractivity contribution is 6.05. The molecule has 2 aliphatic rings. The van der Waals surface area contributed by atoms with Crippen LogP contribution in [0.3, 0.4) is 0 Å². The lowest BCUT2D eigenvalue weighted by Crippen LogP contribution is -2.45. The quantitative estimate of drug-likeness (QED) is 0.400. The van der Waals surface area contributed by atoms with Crippen LogP contribution in [0.25, 0.3) is 0 Å². The van der Waals surface area contributed by atoms with Gasteiger partial charge in [-0.15, -0.1) is 0 Å². The molecule has 166 valence electrons. The largest absolute Gasteiger partial charge is 0.458 e. The van der Waals surface area contributed by atoms with Crippen LogP contribution in [0.1, 0.15) is 41.5 Å². The summed E-state index contributed by atoms with van der Waals surface area (Å²) in [5.74, 6) is -2.15. The number of rotatable bonds is 5. The van der Waals surface area contributed by atoms with Crippen LogP contribution in [-0.2, 0) is 28.6 Å². The molecular formula is C20H29N3O7. The average Bonchev–Trinajstić information content (AvgIpc) is 3.07. The summed E-state index contributed by atoms with van der Waals surface area (Å²) in [6, 6.07) is -0.942. The van der Waals surface area contributed by atoms with Crippen LogP contribution in [0.4, 0.5) is 4.79 Å². The summed E-state index contributed by atoms with van der Waals surface area (Å²) < 4.78 is 15.6. The molecule has 0 bridgehead atoms. The number of hydrogen-bond acceptors (Lipinski definition) is 8. The Morgan fingerprint density at radius 2 is 1.70 bits per heavy atom. The second kappa shape index (κ2) is 8.47. The molecule has 0 aromatic rings. The van der Waals surface area contributed by atoms with Gasteiger partial charge in [-0.3, -0.25) is 4.79 Å². The van der Waals surface area contributed by atoms with Gasteiger partial charge < -0.3 is 19.5 Å². The van der Waals surface area contributed by atoms with Gasteiger partial charge in [-0.2, -0.15) is 0 Å². The Hall–Kier alpha value is -2.88. The molecule has 0 aliphatic carbocycles. The number of carbonyl (C=O) groups is 4. The van der Waals surface area contributed by atoms with Crippen LogP contribution in [0.5, 0.6) is 0 Å². The van der Waals surface area contributed by atoms with E-state index in [-0.39, 0.29) is 31.0 Å². The molecule has 10 nitrogen and oxygen atoms in total. The number of hydrogen-bond donors (Lipinski definition) is 1. The van der Waals surface area contributed by atoms with E-state index < -0.39 is 41.2 Å². The summed E-state index contributed by atoms with van der Waals surface area (Å²) in [5.41, 5.74) is -1.77. The van der Waals surface area contributed by atoms with E-state index in [1.54, 1.807) is 41.5 Å².